The molecule has 0 bridgehead atoms. The predicted octanol–water partition coefficient (Wildman–Crippen LogP) is 1.76. The number of nitrogens with two attached hydrogens (primary N) is 1. The van der Waals surface area contributed by atoms with Crippen LogP contribution in [-0.2, 0) is 10.0 Å². The summed E-state index contributed by atoms with van der Waals surface area (Å²) in [6.07, 6.45) is 2.97. The quantitative estimate of drug-likeness (QED) is 0.652. The molecule has 2 N–H and O–H groups in total. The predicted molar refractivity (Wildman–Crippen MR) is 87.9 cm³/mol. The highest BCUT2D eigenvalue weighted by Gasteiger charge is 2.43. The largest absolute Gasteiger partial charge is 0.327 e. The molecule has 9 heteroatoms. The molecule has 3 rings (SSSR count). The maximum atomic E-state index is 12.7. The monoisotopic (exact) mass is 361 g/mol. The van der Waals surface area contributed by atoms with E-state index >= 15 is 0 Å². The van der Waals surface area contributed by atoms with Crippen molar-refractivity contribution >= 4 is 28.1 Å². The van der Waals surface area contributed by atoms with E-state index < -0.39 is 14.9 Å². The summed E-state index contributed by atoms with van der Waals surface area (Å²) in [6.45, 7) is 0.875. The number of hydrogen-bond acceptors (Lipinski definition) is 5. The van der Waals surface area contributed by atoms with Crippen molar-refractivity contribution in [1.29, 1.82) is 0 Å². The molecule has 1 aliphatic heterocycles. The van der Waals surface area contributed by atoms with Gasteiger partial charge in [0.1, 0.15) is 0 Å². The molecular formula is C14H20ClN3O4S. The van der Waals surface area contributed by atoms with Crippen molar-refractivity contribution in [2.45, 2.75) is 30.2 Å². The van der Waals surface area contributed by atoms with Gasteiger partial charge in [0.05, 0.1) is 9.82 Å². The van der Waals surface area contributed by atoms with E-state index in [1.807, 2.05) is 0 Å². The molecule has 1 heterocycles. The maximum absolute atomic E-state index is 12.7. The minimum atomic E-state index is -3.70. The lowest BCUT2D eigenvalue weighted by Crippen LogP contribution is -2.38. The minimum absolute atomic E-state index is 0. The summed E-state index contributed by atoms with van der Waals surface area (Å²) in [5.41, 5.74) is 5.90. The van der Waals surface area contributed by atoms with Gasteiger partial charge in [-0.3, -0.25) is 10.1 Å². The van der Waals surface area contributed by atoms with Crippen molar-refractivity contribution in [2.24, 2.45) is 17.6 Å². The molecule has 1 aromatic carbocycles. The average Bonchev–Trinajstić information content (AvgIpc) is 2.94. The molecule has 0 spiro atoms. The Morgan fingerprint density at radius 1 is 1.26 bits per heavy atom. The molecule has 0 amide bonds. The Balaban J connectivity index is 0.00000192. The lowest BCUT2D eigenvalue weighted by molar-refractivity contribution is -0.385. The lowest BCUT2D eigenvalue weighted by Gasteiger charge is -2.29. The van der Waals surface area contributed by atoms with Crippen molar-refractivity contribution in [3.05, 3.63) is 34.4 Å². The van der Waals surface area contributed by atoms with Crippen molar-refractivity contribution < 1.29 is 13.3 Å². The Hall–Kier alpha value is -1.22. The Bertz CT molecular complexity index is 697. The van der Waals surface area contributed by atoms with Gasteiger partial charge < -0.3 is 5.73 Å². The van der Waals surface area contributed by atoms with Gasteiger partial charge in [0, 0.05) is 31.3 Å². The number of fused-ring (bicyclic) bond motifs is 1. The van der Waals surface area contributed by atoms with E-state index in [9.17, 15) is 18.5 Å². The molecular weight excluding hydrogens is 342 g/mol. The van der Waals surface area contributed by atoms with Gasteiger partial charge in [-0.1, -0.05) is 12.5 Å². The number of halogens is 1. The summed E-state index contributed by atoms with van der Waals surface area (Å²) in [5, 5.41) is 10.8. The Morgan fingerprint density at radius 3 is 2.65 bits per heavy atom. The third-order valence-electron chi connectivity index (χ3n) is 4.79. The average molecular weight is 362 g/mol. The van der Waals surface area contributed by atoms with Crippen LogP contribution < -0.4 is 5.73 Å². The van der Waals surface area contributed by atoms with Crippen molar-refractivity contribution in [3.8, 4) is 0 Å². The minimum Gasteiger partial charge on any atom is -0.327 e. The number of nitro groups is 1. The summed E-state index contributed by atoms with van der Waals surface area (Å²) in [4.78, 5) is 10.2. The number of sulfonamides is 1. The number of nitrogens with zero attached hydrogens (tertiary/aromatic N) is 2. The first-order chi connectivity index (χ1) is 10.4. The highest BCUT2D eigenvalue weighted by Crippen LogP contribution is 2.38. The topological polar surface area (TPSA) is 107 Å². The summed E-state index contributed by atoms with van der Waals surface area (Å²) >= 11 is 0. The van der Waals surface area contributed by atoms with E-state index in [-0.39, 0.29) is 34.9 Å². The van der Waals surface area contributed by atoms with Crippen LogP contribution in [0.15, 0.2) is 29.2 Å². The summed E-state index contributed by atoms with van der Waals surface area (Å²) in [7, 11) is -3.70. The molecule has 3 unspecified atom stereocenters. The van der Waals surface area contributed by atoms with Crippen LogP contribution in [0.3, 0.4) is 0 Å². The SMILES string of the molecule is Cl.NC1CCCC2CN(S(=O)(=O)c3cccc([N+](=O)[O-])c3)CC12. The number of rotatable bonds is 3. The fourth-order valence-corrected chi connectivity index (χ4v) is 5.15. The zero-order valence-electron chi connectivity index (χ0n) is 12.5. The van der Waals surface area contributed by atoms with E-state index in [4.69, 9.17) is 5.73 Å². The molecule has 2 fully saturated rings. The number of hydrogen-bond donors (Lipinski definition) is 1. The van der Waals surface area contributed by atoms with Crippen LogP contribution in [0.4, 0.5) is 5.69 Å². The van der Waals surface area contributed by atoms with Gasteiger partial charge in [-0.05, 0) is 30.7 Å². The third kappa shape index (κ3) is 3.35. The first kappa shape index (κ1) is 18.1. The van der Waals surface area contributed by atoms with Crippen LogP contribution >= 0.6 is 12.4 Å². The zero-order valence-corrected chi connectivity index (χ0v) is 14.1. The second-order valence-corrected chi connectivity index (χ2v) is 8.03. The van der Waals surface area contributed by atoms with Crippen LogP contribution in [0, 0.1) is 22.0 Å². The van der Waals surface area contributed by atoms with E-state index in [1.54, 1.807) is 0 Å². The summed E-state index contributed by atoms with van der Waals surface area (Å²) < 4.78 is 26.9. The van der Waals surface area contributed by atoms with Gasteiger partial charge in [-0.15, -0.1) is 12.4 Å². The van der Waals surface area contributed by atoms with E-state index in [1.165, 1.54) is 22.5 Å². The normalized spacial score (nSPS) is 28.0. The molecule has 1 aromatic rings. The Kier molecular flexibility index (Phi) is 5.30. The van der Waals surface area contributed by atoms with E-state index in [0.29, 0.717) is 19.0 Å². The highest BCUT2D eigenvalue weighted by atomic mass is 35.5. The molecule has 7 nitrogen and oxygen atoms in total. The second-order valence-electron chi connectivity index (χ2n) is 6.10. The molecule has 0 radical (unpaired) electrons. The highest BCUT2D eigenvalue weighted by molar-refractivity contribution is 7.89. The smallest absolute Gasteiger partial charge is 0.270 e. The Labute approximate surface area is 141 Å². The maximum Gasteiger partial charge on any atom is 0.270 e. The van der Waals surface area contributed by atoms with E-state index in [2.05, 4.69) is 0 Å². The molecule has 3 atom stereocenters. The van der Waals surface area contributed by atoms with Gasteiger partial charge >= 0.3 is 0 Å². The van der Waals surface area contributed by atoms with Crippen LogP contribution in [0.5, 0.6) is 0 Å². The van der Waals surface area contributed by atoms with Crippen LogP contribution in [0.2, 0.25) is 0 Å². The standard InChI is InChI=1S/C14H19N3O4S.ClH/c15-14-6-1-3-10-8-16(9-13(10)14)22(20,21)12-5-2-4-11(7-12)17(18)19;/h2,4-5,7,10,13-14H,1,3,6,8-9,15H2;1H. The fourth-order valence-electron chi connectivity index (χ4n) is 3.58. The number of benzene rings is 1. The molecule has 1 saturated heterocycles. The molecule has 0 aromatic heterocycles. The Morgan fingerprint density at radius 2 is 2.00 bits per heavy atom. The fraction of sp³-hybridized carbons (Fsp3) is 0.571. The molecule has 1 saturated carbocycles. The summed E-state index contributed by atoms with van der Waals surface area (Å²) in [5.74, 6) is 0.499. The molecule has 23 heavy (non-hydrogen) atoms. The van der Waals surface area contributed by atoms with Gasteiger partial charge in [-0.2, -0.15) is 4.31 Å². The molecule has 1 aliphatic carbocycles. The van der Waals surface area contributed by atoms with Crippen molar-refractivity contribution in [1.82, 2.24) is 4.31 Å². The van der Waals surface area contributed by atoms with Crippen LogP contribution in [0.1, 0.15) is 19.3 Å². The van der Waals surface area contributed by atoms with Crippen molar-refractivity contribution in [2.75, 3.05) is 13.1 Å². The summed E-state index contributed by atoms with van der Waals surface area (Å²) in [6, 6.07) is 5.27. The van der Waals surface area contributed by atoms with Crippen LogP contribution in [-0.4, -0.2) is 36.8 Å². The molecule has 128 valence electrons. The first-order valence-corrected chi connectivity index (χ1v) is 8.84. The number of nitro benzene ring substituents is 1. The second kappa shape index (κ2) is 6.72. The zero-order chi connectivity index (χ0) is 15.9. The third-order valence-corrected chi connectivity index (χ3v) is 6.61. The number of non-ortho nitro benzene ring substituents is 1. The first-order valence-electron chi connectivity index (χ1n) is 7.40. The van der Waals surface area contributed by atoms with E-state index in [0.717, 1.165) is 25.3 Å². The van der Waals surface area contributed by atoms with Gasteiger partial charge in [0.25, 0.3) is 5.69 Å². The lowest BCUT2D eigenvalue weighted by atomic mass is 9.78. The van der Waals surface area contributed by atoms with Gasteiger partial charge in [0.15, 0.2) is 0 Å². The van der Waals surface area contributed by atoms with Gasteiger partial charge in [-0.25, -0.2) is 8.42 Å². The van der Waals surface area contributed by atoms with Gasteiger partial charge in [0.2, 0.25) is 10.0 Å². The molecule has 2 aliphatic rings. The van der Waals surface area contributed by atoms with Crippen LogP contribution in [0.25, 0.3) is 0 Å². The van der Waals surface area contributed by atoms with Crippen molar-refractivity contribution in [3.63, 3.8) is 0 Å².